The van der Waals surface area contributed by atoms with Gasteiger partial charge >= 0.3 is 0 Å². The van der Waals surface area contributed by atoms with Crippen LogP contribution in [0, 0.1) is 5.82 Å². The Balaban J connectivity index is 2.01. The monoisotopic (exact) mass is 266 g/mol. The number of aliphatic hydroxyl groups is 1. The highest BCUT2D eigenvalue weighted by Gasteiger charge is 2.25. The zero-order chi connectivity index (χ0) is 13.9. The summed E-state index contributed by atoms with van der Waals surface area (Å²) in [6.07, 6.45) is 1.82. The van der Waals surface area contributed by atoms with Crippen molar-refractivity contribution in [2.24, 2.45) is 0 Å². The van der Waals surface area contributed by atoms with Gasteiger partial charge in [-0.2, -0.15) is 0 Å². The van der Waals surface area contributed by atoms with Crippen molar-refractivity contribution in [2.75, 3.05) is 31.1 Å². The van der Waals surface area contributed by atoms with Crippen molar-refractivity contribution >= 4 is 5.69 Å². The summed E-state index contributed by atoms with van der Waals surface area (Å²) in [6, 6.07) is 5.02. The zero-order valence-corrected chi connectivity index (χ0v) is 11.7. The van der Waals surface area contributed by atoms with E-state index in [9.17, 15) is 9.50 Å². The number of anilines is 1. The minimum atomic E-state index is -0.259. The van der Waals surface area contributed by atoms with Gasteiger partial charge in [0.25, 0.3) is 0 Å². The molecule has 3 nitrogen and oxygen atoms in total. The predicted octanol–water partition coefficient (Wildman–Crippen LogP) is 1.94. The molecule has 0 amide bonds. The van der Waals surface area contributed by atoms with E-state index in [2.05, 4.69) is 10.2 Å². The van der Waals surface area contributed by atoms with Crippen molar-refractivity contribution in [2.45, 2.75) is 32.2 Å². The van der Waals surface area contributed by atoms with Gasteiger partial charge in [0.2, 0.25) is 0 Å². The maximum atomic E-state index is 13.3. The summed E-state index contributed by atoms with van der Waals surface area (Å²) in [4.78, 5) is 2.21. The first kappa shape index (κ1) is 14.3. The molecule has 1 aromatic carbocycles. The molecule has 1 heterocycles. The standard InChI is InChI=1S/C15H23FN2O/c1-3-17-15(2,11-19)7-9-18-8-6-12-4-5-13(16)10-14(12)18/h4-5,10,17,19H,3,6-9,11H2,1-2H3. The van der Waals surface area contributed by atoms with Crippen LogP contribution in [0.1, 0.15) is 25.8 Å². The molecular weight excluding hydrogens is 243 g/mol. The lowest BCUT2D eigenvalue weighted by Gasteiger charge is -2.31. The lowest BCUT2D eigenvalue weighted by molar-refractivity contribution is 0.169. The van der Waals surface area contributed by atoms with E-state index in [0.717, 1.165) is 38.2 Å². The molecule has 0 bridgehead atoms. The molecule has 4 heteroatoms. The molecule has 1 aromatic rings. The van der Waals surface area contributed by atoms with E-state index >= 15 is 0 Å². The highest BCUT2D eigenvalue weighted by molar-refractivity contribution is 5.58. The molecule has 0 aromatic heterocycles. The van der Waals surface area contributed by atoms with E-state index < -0.39 is 0 Å². The second-order valence-corrected chi connectivity index (χ2v) is 5.51. The molecule has 0 aliphatic carbocycles. The molecule has 0 spiro atoms. The molecule has 0 saturated carbocycles. The zero-order valence-electron chi connectivity index (χ0n) is 11.7. The second kappa shape index (κ2) is 5.88. The first-order chi connectivity index (χ1) is 9.08. The Morgan fingerprint density at radius 2 is 2.26 bits per heavy atom. The van der Waals surface area contributed by atoms with Gasteiger partial charge in [-0.15, -0.1) is 0 Å². The number of benzene rings is 1. The summed E-state index contributed by atoms with van der Waals surface area (Å²) in [5.41, 5.74) is 1.97. The molecule has 106 valence electrons. The van der Waals surface area contributed by atoms with Crippen LogP contribution in [0.25, 0.3) is 0 Å². The third-order valence-electron chi connectivity index (χ3n) is 3.93. The average Bonchev–Trinajstić information content (AvgIpc) is 2.79. The Bertz CT molecular complexity index is 438. The number of rotatable bonds is 6. The highest BCUT2D eigenvalue weighted by atomic mass is 19.1. The number of halogens is 1. The predicted molar refractivity (Wildman–Crippen MR) is 76.1 cm³/mol. The Labute approximate surface area is 114 Å². The fourth-order valence-corrected chi connectivity index (χ4v) is 2.68. The van der Waals surface area contributed by atoms with Crippen LogP contribution < -0.4 is 10.2 Å². The number of aliphatic hydroxyl groups excluding tert-OH is 1. The first-order valence-corrected chi connectivity index (χ1v) is 6.97. The van der Waals surface area contributed by atoms with Crippen LogP contribution >= 0.6 is 0 Å². The smallest absolute Gasteiger partial charge is 0.125 e. The third-order valence-corrected chi connectivity index (χ3v) is 3.93. The molecule has 1 unspecified atom stereocenters. The van der Waals surface area contributed by atoms with Crippen molar-refractivity contribution in [1.82, 2.24) is 5.32 Å². The van der Waals surface area contributed by atoms with Crippen LogP contribution in [0.5, 0.6) is 0 Å². The summed E-state index contributed by atoms with van der Waals surface area (Å²) < 4.78 is 13.3. The Morgan fingerprint density at radius 1 is 1.47 bits per heavy atom. The van der Waals surface area contributed by atoms with Gasteiger partial charge < -0.3 is 15.3 Å². The van der Waals surface area contributed by atoms with E-state index in [1.165, 1.54) is 11.6 Å². The van der Waals surface area contributed by atoms with Gasteiger partial charge in [0.1, 0.15) is 5.82 Å². The van der Waals surface area contributed by atoms with Crippen LogP contribution in [-0.4, -0.2) is 36.9 Å². The van der Waals surface area contributed by atoms with Crippen molar-refractivity contribution in [3.8, 4) is 0 Å². The van der Waals surface area contributed by atoms with Gasteiger partial charge in [-0.3, -0.25) is 0 Å². The molecule has 1 aliphatic rings. The van der Waals surface area contributed by atoms with Crippen molar-refractivity contribution < 1.29 is 9.50 Å². The van der Waals surface area contributed by atoms with Gasteiger partial charge in [-0.1, -0.05) is 13.0 Å². The Hall–Kier alpha value is -1.13. The minimum Gasteiger partial charge on any atom is -0.394 e. The summed E-state index contributed by atoms with van der Waals surface area (Å²) in [6.45, 7) is 6.79. The number of fused-ring (bicyclic) bond motifs is 1. The van der Waals surface area contributed by atoms with E-state index in [1.807, 2.05) is 19.9 Å². The molecule has 1 aliphatic heterocycles. The number of hydrogen-bond donors (Lipinski definition) is 2. The van der Waals surface area contributed by atoms with E-state index in [1.54, 1.807) is 6.07 Å². The molecule has 19 heavy (non-hydrogen) atoms. The lowest BCUT2D eigenvalue weighted by Crippen LogP contribution is -2.47. The molecule has 0 radical (unpaired) electrons. The molecule has 0 saturated heterocycles. The number of nitrogens with zero attached hydrogens (tertiary/aromatic N) is 1. The van der Waals surface area contributed by atoms with Gasteiger partial charge in [-0.05, 0) is 44.0 Å². The Kier molecular flexibility index (Phi) is 4.42. The van der Waals surface area contributed by atoms with Gasteiger partial charge in [0.15, 0.2) is 0 Å². The average molecular weight is 266 g/mol. The van der Waals surface area contributed by atoms with Crippen molar-refractivity contribution in [3.05, 3.63) is 29.6 Å². The van der Waals surface area contributed by atoms with E-state index in [0.29, 0.717) is 0 Å². The van der Waals surface area contributed by atoms with Crippen LogP contribution in [0.3, 0.4) is 0 Å². The SMILES string of the molecule is CCNC(C)(CO)CCN1CCc2ccc(F)cc21. The van der Waals surface area contributed by atoms with Gasteiger partial charge in [0, 0.05) is 24.3 Å². The maximum absolute atomic E-state index is 13.3. The molecule has 1 atom stereocenters. The maximum Gasteiger partial charge on any atom is 0.125 e. The molecule has 0 fully saturated rings. The summed E-state index contributed by atoms with van der Waals surface area (Å²) in [5.74, 6) is -0.178. The number of nitrogens with one attached hydrogen (secondary N) is 1. The fourth-order valence-electron chi connectivity index (χ4n) is 2.68. The third kappa shape index (κ3) is 3.25. The normalized spacial score (nSPS) is 17.4. The van der Waals surface area contributed by atoms with Gasteiger partial charge in [0.05, 0.1) is 6.61 Å². The largest absolute Gasteiger partial charge is 0.394 e. The van der Waals surface area contributed by atoms with Crippen LogP contribution in [0.15, 0.2) is 18.2 Å². The highest BCUT2D eigenvalue weighted by Crippen LogP contribution is 2.29. The number of likely N-dealkylation sites (N-methyl/N-ethyl adjacent to an activating group) is 1. The molecule has 2 N–H and O–H groups in total. The molecular formula is C15H23FN2O. The van der Waals surface area contributed by atoms with E-state index in [4.69, 9.17) is 0 Å². The summed E-state index contributed by atoms with van der Waals surface area (Å²) >= 11 is 0. The van der Waals surface area contributed by atoms with Crippen molar-refractivity contribution in [3.63, 3.8) is 0 Å². The second-order valence-electron chi connectivity index (χ2n) is 5.51. The Morgan fingerprint density at radius 3 is 2.95 bits per heavy atom. The van der Waals surface area contributed by atoms with Crippen molar-refractivity contribution in [1.29, 1.82) is 0 Å². The quantitative estimate of drug-likeness (QED) is 0.826. The van der Waals surface area contributed by atoms with Gasteiger partial charge in [-0.25, -0.2) is 4.39 Å². The number of hydrogen-bond acceptors (Lipinski definition) is 3. The summed E-state index contributed by atoms with van der Waals surface area (Å²) in [5, 5.41) is 12.8. The van der Waals surface area contributed by atoms with Crippen LogP contribution in [-0.2, 0) is 6.42 Å². The molecule has 2 rings (SSSR count). The van der Waals surface area contributed by atoms with Crippen LogP contribution in [0.2, 0.25) is 0 Å². The first-order valence-electron chi connectivity index (χ1n) is 6.97. The fraction of sp³-hybridized carbons (Fsp3) is 0.600. The summed E-state index contributed by atoms with van der Waals surface area (Å²) in [7, 11) is 0. The van der Waals surface area contributed by atoms with Crippen LogP contribution in [0.4, 0.5) is 10.1 Å². The van der Waals surface area contributed by atoms with E-state index in [-0.39, 0.29) is 18.0 Å². The lowest BCUT2D eigenvalue weighted by atomic mass is 9.98. The minimum absolute atomic E-state index is 0.116. The topological polar surface area (TPSA) is 35.5 Å².